The van der Waals surface area contributed by atoms with Crippen LogP contribution in [0.2, 0.25) is 0 Å². The monoisotopic (exact) mass is 288 g/mol. The number of nitro groups is 1. The van der Waals surface area contributed by atoms with Gasteiger partial charge in [-0.3, -0.25) is 10.1 Å². The summed E-state index contributed by atoms with van der Waals surface area (Å²) >= 11 is 0. The molecule has 0 amide bonds. The predicted octanol–water partition coefficient (Wildman–Crippen LogP) is 2.43. The highest BCUT2D eigenvalue weighted by Crippen LogP contribution is 2.31. The lowest BCUT2D eigenvalue weighted by Gasteiger charge is -2.31. The van der Waals surface area contributed by atoms with Crippen molar-refractivity contribution in [1.82, 2.24) is 5.32 Å². The Kier molecular flexibility index (Phi) is 4.76. The summed E-state index contributed by atoms with van der Waals surface area (Å²) < 4.78 is 0. The number of hydrogen-bond donors (Lipinski definition) is 1. The Morgan fingerprint density at radius 1 is 1.57 bits per heavy atom. The van der Waals surface area contributed by atoms with Crippen LogP contribution in [0, 0.1) is 21.4 Å². The molecule has 0 bridgehead atoms. The number of hydrogen-bond acceptors (Lipinski definition) is 5. The maximum Gasteiger partial charge on any atom is 0.292 e. The van der Waals surface area contributed by atoms with E-state index >= 15 is 0 Å². The highest BCUT2D eigenvalue weighted by molar-refractivity contribution is 5.66. The summed E-state index contributed by atoms with van der Waals surface area (Å²) in [6.07, 6.45) is 2.21. The molecule has 0 aromatic heterocycles. The zero-order valence-electron chi connectivity index (χ0n) is 12.4. The number of nitrogens with one attached hydrogen (secondary N) is 1. The number of nitrogens with zero attached hydrogens (tertiary/aromatic N) is 3. The summed E-state index contributed by atoms with van der Waals surface area (Å²) in [6.45, 7) is 5.74. The van der Waals surface area contributed by atoms with Crippen molar-refractivity contribution in [2.45, 2.75) is 38.8 Å². The molecule has 1 N–H and O–H groups in total. The Balaban J connectivity index is 2.37. The van der Waals surface area contributed by atoms with Gasteiger partial charge in [0, 0.05) is 24.7 Å². The fraction of sp³-hybridized carbons (Fsp3) is 0.533. The Morgan fingerprint density at radius 3 is 2.86 bits per heavy atom. The summed E-state index contributed by atoms with van der Waals surface area (Å²) in [5, 5.41) is 23.7. The number of anilines is 1. The molecule has 1 saturated heterocycles. The first-order valence-electron chi connectivity index (χ1n) is 7.21. The van der Waals surface area contributed by atoms with Crippen molar-refractivity contribution in [3.05, 3.63) is 33.9 Å². The fourth-order valence-corrected chi connectivity index (χ4v) is 2.71. The van der Waals surface area contributed by atoms with Crippen molar-refractivity contribution in [2.24, 2.45) is 0 Å². The second-order valence-electron chi connectivity index (χ2n) is 5.61. The molecule has 1 atom stereocenters. The van der Waals surface area contributed by atoms with Crippen LogP contribution in [0.1, 0.15) is 32.3 Å². The first-order valence-corrected chi connectivity index (χ1v) is 7.21. The van der Waals surface area contributed by atoms with E-state index < -0.39 is 0 Å². The molecule has 21 heavy (non-hydrogen) atoms. The summed E-state index contributed by atoms with van der Waals surface area (Å²) in [6, 6.07) is 7.06. The third kappa shape index (κ3) is 3.50. The lowest BCUT2D eigenvalue weighted by atomic mass is 10.1. The predicted molar refractivity (Wildman–Crippen MR) is 81.3 cm³/mol. The van der Waals surface area contributed by atoms with Crippen LogP contribution in [0.15, 0.2) is 18.2 Å². The highest BCUT2D eigenvalue weighted by atomic mass is 16.6. The first-order chi connectivity index (χ1) is 10.0. The van der Waals surface area contributed by atoms with Crippen LogP contribution in [0.3, 0.4) is 0 Å². The lowest BCUT2D eigenvalue weighted by molar-refractivity contribution is -0.384. The van der Waals surface area contributed by atoms with Gasteiger partial charge in [0.05, 0.1) is 16.6 Å². The Bertz CT molecular complexity index is 559. The zero-order chi connectivity index (χ0) is 15.4. The van der Waals surface area contributed by atoms with E-state index in [2.05, 4.69) is 11.4 Å². The molecule has 2 rings (SSSR count). The molecule has 1 aromatic carbocycles. The topological polar surface area (TPSA) is 82.2 Å². The second kappa shape index (κ2) is 6.55. The quantitative estimate of drug-likeness (QED) is 0.664. The van der Waals surface area contributed by atoms with Gasteiger partial charge in [0.25, 0.3) is 5.69 Å². The average Bonchev–Trinajstić information content (AvgIpc) is 2.96. The molecule has 1 fully saturated rings. The molecule has 1 unspecified atom stereocenters. The molecule has 0 saturated carbocycles. The summed E-state index contributed by atoms with van der Waals surface area (Å²) in [5.74, 6) is 0. The molecule has 0 radical (unpaired) electrons. The standard InChI is InChI=1S/C15H20N4O2/c1-11(2)18(10-13-4-3-7-17-13)15-8-12(9-16)5-6-14(15)19(20)21/h5-6,8,11,13,17H,3-4,7,10H2,1-2H3. The van der Waals surface area contributed by atoms with Gasteiger partial charge in [-0.1, -0.05) is 0 Å². The van der Waals surface area contributed by atoms with Crippen molar-refractivity contribution in [3.63, 3.8) is 0 Å². The molecule has 0 aliphatic carbocycles. The Hall–Kier alpha value is -2.13. The molecule has 1 aromatic rings. The van der Waals surface area contributed by atoms with E-state index in [4.69, 9.17) is 5.26 Å². The van der Waals surface area contributed by atoms with E-state index in [0.717, 1.165) is 19.4 Å². The largest absolute Gasteiger partial charge is 0.362 e. The van der Waals surface area contributed by atoms with Gasteiger partial charge >= 0.3 is 0 Å². The van der Waals surface area contributed by atoms with E-state index in [0.29, 0.717) is 23.8 Å². The number of nitro benzene ring substituents is 1. The van der Waals surface area contributed by atoms with Crippen LogP contribution in [-0.2, 0) is 0 Å². The molecule has 1 aliphatic heterocycles. The van der Waals surface area contributed by atoms with Crippen LogP contribution in [0.5, 0.6) is 0 Å². The van der Waals surface area contributed by atoms with Crippen LogP contribution in [0.4, 0.5) is 11.4 Å². The molecule has 112 valence electrons. The van der Waals surface area contributed by atoms with E-state index in [9.17, 15) is 10.1 Å². The van der Waals surface area contributed by atoms with Gasteiger partial charge in [0.1, 0.15) is 5.69 Å². The normalized spacial score (nSPS) is 17.7. The van der Waals surface area contributed by atoms with Gasteiger partial charge in [-0.15, -0.1) is 0 Å². The Labute approximate surface area is 124 Å². The van der Waals surface area contributed by atoms with E-state index in [-0.39, 0.29) is 16.7 Å². The van der Waals surface area contributed by atoms with Gasteiger partial charge in [-0.05, 0) is 45.4 Å². The SMILES string of the molecule is CC(C)N(CC1CCCN1)c1cc(C#N)ccc1[N+](=O)[O-]. The van der Waals surface area contributed by atoms with E-state index in [1.54, 1.807) is 6.07 Å². The maximum absolute atomic E-state index is 11.3. The van der Waals surface area contributed by atoms with Crippen molar-refractivity contribution < 1.29 is 4.92 Å². The Morgan fingerprint density at radius 2 is 2.33 bits per heavy atom. The number of benzene rings is 1. The molecule has 6 nitrogen and oxygen atoms in total. The third-order valence-corrected chi connectivity index (χ3v) is 3.81. The summed E-state index contributed by atoms with van der Waals surface area (Å²) in [5.41, 5.74) is 1.03. The molecular weight excluding hydrogens is 268 g/mol. The maximum atomic E-state index is 11.3. The van der Waals surface area contributed by atoms with Gasteiger partial charge in [0.2, 0.25) is 0 Å². The van der Waals surface area contributed by atoms with Crippen molar-refractivity contribution in [2.75, 3.05) is 18.0 Å². The van der Waals surface area contributed by atoms with Crippen molar-refractivity contribution in [1.29, 1.82) is 5.26 Å². The van der Waals surface area contributed by atoms with Gasteiger partial charge in [-0.2, -0.15) is 5.26 Å². The zero-order valence-corrected chi connectivity index (χ0v) is 12.4. The number of rotatable bonds is 5. The van der Waals surface area contributed by atoms with Crippen molar-refractivity contribution >= 4 is 11.4 Å². The lowest BCUT2D eigenvalue weighted by Crippen LogP contribution is -2.41. The average molecular weight is 288 g/mol. The van der Waals surface area contributed by atoms with E-state index in [1.165, 1.54) is 12.1 Å². The highest BCUT2D eigenvalue weighted by Gasteiger charge is 2.25. The van der Waals surface area contributed by atoms with Gasteiger partial charge in [0.15, 0.2) is 0 Å². The molecule has 1 heterocycles. The van der Waals surface area contributed by atoms with Gasteiger partial charge in [-0.25, -0.2) is 0 Å². The molecule has 6 heteroatoms. The smallest absolute Gasteiger partial charge is 0.292 e. The molecule has 0 spiro atoms. The summed E-state index contributed by atoms with van der Waals surface area (Å²) in [7, 11) is 0. The molecular formula is C15H20N4O2. The first kappa shape index (κ1) is 15.3. The van der Waals surface area contributed by atoms with Crippen LogP contribution in [-0.4, -0.2) is 30.1 Å². The minimum Gasteiger partial charge on any atom is -0.362 e. The van der Waals surface area contributed by atoms with Crippen molar-refractivity contribution in [3.8, 4) is 6.07 Å². The summed E-state index contributed by atoms with van der Waals surface area (Å²) in [4.78, 5) is 12.9. The van der Waals surface area contributed by atoms with Crippen LogP contribution in [0.25, 0.3) is 0 Å². The molecule has 1 aliphatic rings. The second-order valence-corrected chi connectivity index (χ2v) is 5.61. The fourth-order valence-electron chi connectivity index (χ4n) is 2.71. The minimum atomic E-state index is -0.381. The van der Waals surface area contributed by atoms with E-state index in [1.807, 2.05) is 18.7 Å². The third-order valence-electron chi connectivity index (χ3n) is 3.81. The minimum absolute atomic E-state index is 0.0562. The van der Waals surface area contributed by atoms with Crippen LogP contribution >= 0.6 is 0 Å². The van der Waals surface area contributed by atoms with Gasteiger partial charge < -0.3 is 10.2 Å². The number of nitriles is 1. The van der Waals surface area contributed by atoms with Crippen LogP contribution < -0.4 is 10.2 Å².